The van der Waals surface area contributed by atoms with Crippen LogP contribution in [0.5, 0.6) is 0 Å². The summed E-state index contributed by atoms with van der Waals surface area (Å²) in [6.45, 7) is 0. The van der Waals surface area contributed by atoms with Crippen LogP contribution in [0.25, 0.3) is 83.6 Å². The Hall–Kier alpha value is -5.75. The van der Waals surface area contributed by atoms with Crippen molar-refractivity contribution < 1.29 is 4.42 Å². The molecule has 3 heterocycles. The van der Waals surface area contributed by atoms with Crippen molar-refractivity contribution in [2.45, 2.75) is 0 Å². The van der Waals surface area contributed by atoms with Gasteiger partial charge in [0.2, 0.25) is 0 Å². The van der Waals surface area contributed by atoms with Gasteiger partial charge in [0.15, 0.2) is 17.5 Å². The van der Waals surface area contributed by atoms with Gasteiger partial charge in [-0.1, -0.05) is 89.8 Å². The molecule has 0 spiro atoms. The van der Waals surface area contributed by atoms with Crippen LogP contribution >= 0.6 is 0 Å². The van der Waals surface area contributed by atoms with Gasteiger partial charge in [-0.05, 0) is 30.3 Å². The summed E-state index contributed by atoms with van der Waals surface area (Å²) in [5.74, 6) is 0.984. The quantitative estimate of drug-likeness (QED) is 0.283. The first kappa shape index (κ1) is 29.4. The lowest BCUT2D eigenvalue weighted by Crippen LogP contribution is -2.55. The lowest BCUT2D eigenvalue weighted by Gasteiger charge is -2.20. The lowest BCUT2D eigenvalue weighted by molar-refractivity contribution is 0.669. The van der Waals surface area contributed by atoms with Gasteiger partial charge in [-0.25, -0.2) is 15.0 Å². The summed E-state index contributed by atoms with van der Waals surface area (Å²) >= 11 is 0. The van der Waals surface area contributed by atoms with Crippen LogP contribution in [0.15, 0.2) is 120 Å². The van der Waals surface area contributed by atoms with Crippen molar-refractivity contribution in [1.29, 1.82) is 0 Å². The molecule has 0 aliphatic heterocycles. The minimum absolute atomic E-state index is 0.114. The molecule has 0 aliphatic carbocycles. The average molecular weight is 614 g/mol. The van der Waals surface area contributed by atoms with Gasteiger partial charge in [-0.3, -0.25) is 0 Å². The highest BCUT2D eigenvalue weighted by Gasteiger charge is 2.21. The number of furan rings is 1. The molecule has 0 unspecified atom stereocenters. The topological polar surface area (TPSA) is 56.7 Å². The maximum Gasteiger partial charge on any atom is 0.167 e. The minimum Gasteiger partial charge on any atom is -0.455 e. The molecule has 6 aromatic carbocycles. The summed E-state index contributed by atoms with van der Waals surface area (Å²) in [5.41, 5.74) is 6.94. The molecule has 0 saturated heterocycles. The van der Waals surface area contributed by atoms with Crippen molar-refractivity contribution in [3.63, 3.8) is 0 Å². The standard InChI is InChI=1S/C39H19B5N4O/c40-31-30(32(41)34(43)35(44)33(31)42)39-46-37(20-9-2-1-3-10-20)45-38(47-39)26-14-8-13-25-24-18-17-21(19-29(24)49-36(25)26)48-27-15-6-4-11-22(27)23-12-5-7-16-28(23)48/h1-19H. The zero-order chi connectivity index (χ0) is 33.4. The van der Waals surface area contributed by atoms with E-state index in [0.717, 1.165) is 38.6 Å². The van der Waals surface area contributed by atoms with E-state index in [1.807, 2.05) is 48.5 Å². The van der Waals surface area contributed by atoms with Crippen molar-refractivity contribution in [2.24, 2.45) is 0 Å². The zero-order valence-electron chi connectivity index (χ0n) is 26.1. The number of para-hydroxylation sites is 3. The lowest BCUT2D eigenvalue weighted by atomic mass is 9.60. The normalized spacial score (nSPS) is 11.7. The van der Waals surface area contributed by atoms with Gasteiger partial charge in [-0.15, -0.1) is 16.4 Å². The van der Waals surface area contributed by atoms with Crippen LogP contribution in [0, 0.1) is 0 Å². The first-order chi connectivity index (χ1) is 23.9. The van der Waals surface area contributed by atoms with Crippen molar-refractivity contribution in [3.05, 3.63) is 115 Å². The highest BCUT2D eigenvalue weighted by molar-refractivity contribution is 6.68. The van der Waals surface area contributed by atoms with Gasteiger partial charge < -0.3 is 8.98 Å². The second-order valence-corrected chi connectivity index (χ2v) is 12.0. The second-order valence-electron chi connectivity index (χ2n) is 12.0. The molecule has 5 nitrogen and oxygen atoms in total. The van der Waals surface area contributed by atoms with Gasteiger partial charge >= 0.3 is 0 Å². The van der Waals surface area contributed by atoms with Gasteiger partial charge in [0.1, 0.15) is 50.4 Å². The predicted molar refractivity (Wildman–Crippen MR) is 205 cm³/mol. The number of hydrogen-bond acceptors (Lipinski definition) is 4. The van der Waals surface area contributed by atoms with E-state index >= 15 is 0 Å². The van der Waals surface area contributed by atoms with Crippen LogP contribution in [-0.4, -0.2) is 58.8 Å². The molecule has 0 aliphatic rings. The molecule has 10 radical (unpaired) electrons. The monoisotopic (exact) mass is 614 g/mol. The van der Waals surface area contributed by atoms with E-state index in [-0.39, 0.29) is 38.7 Å². The number of fused-ring (bicyclic) bond motifs is 6. The highest BCUT2D eigenvalue weighted by atomic mass is 16.3. The van der Waals surface area contributed by atoms with Crippen LogP contribution in [0.2, 0.25) is 0 Å². The molecular formula is C39H19B5N4O. The largest absolute Gasteiger partial charge is 0.455 e. The Balaban J connectivity index is 1.27. The number of aromatic nitrogens is 4. The summed E-state index contributed by atoms with van der Waals surface area (Å²) in [5, 5.41) is 4.27. The van der Waals surface area contributed by atoms with E-state index in [4.69, 9.17) is 58.6 Å². The van der Waals surface area contributed by atoms with Crippen LogP contribution in [-0.2, 0) is 0 Å². The Labute approximate surface area is 288 Å². The van der Waals surface area contributed by atoms with Crippen LogP contribution in [0.4, 0.5) is 0 Å². The van der Waals surface area contributed by atoms with Crippen molar-refractivity contribution >= 4 is 110 Å². The zero-order valence-corrected chi connectivity index (χ0v) is 26.1. The average Bonchev–Trinajstić information content (AvgIpc) is 3.69. The molecule has 0 saturated carbocycles. The third-order valence-electron chi connectivity index (χ3n) is 9.15. The van der Waals surface area contributed by atoms with E-state index in [1.165, 1.54) is 10.8 Å². The van der Waals surface area contributed by atoms with Crippen molar-refractivity contribution in [1.82, 2.24) is 19.5 Å². The smallest absolute Gasteiger partial charge is 0.167 e. The van der Waals surface area contributed by atoms with Crippen LogP contribution < -0.4 is 27.3 Å². The molecule has 0 amide bonds. The first-order valence-corrected chi connectivity index (χ1v) is 15.7. The SMILES string of the molecule is [B]c1c([B])c([B])c(-c2nc(-c3ccccc3)nc(-c3cccc4c3oc3cc(-n5c6ccccc6c6ccccc65)ccc34)n2)c([B])c1[B]. The maximum atomic E-state index is 6.67. The molecule has 3 aromatic heterocycles. The highest BCUT2D eigenvalue weighted by Crippen LogP contribution is 2.38. The number of nitrogens with zero attached hydrogens (tertiary/aromatic N) is 4. The minimum atomic E-state index is 0.114. The molecular weight excluding hydrogens is 595 g/mol. The molecule has 0 fully saturated rings. The summed E-state index contributed by atoms with van der Waals surface area (Å²) in [6.07, 6.45) is 0. The molecule has 0 bridgehead atoms. The molecule has 216 valence electrons. The fraction of sp³-hybridized carbons (Fsp3) is 0. The van der Waals surface area contributed by atoms with E-state index in [9.17, 15) is 0 Å². The number of benzene rings is 6. The van der Waals surface area contributed by atoms with Crippen LogP contribution in [0.3, 0.4) is 0 Å². The Morgan fingerprint density at radius 1 is 0.469 bits per heavy atom. The van der Waals surface area contributed by atoms with E-state index in [0.29, 0.717) is 22.8 Å². The fourth-order valence-electron chi connectivity index (χ4n) is 6.72. The van der Waals surface area contributed by atoms with Gasteiger partial charge in [0, 0.05) is 44.4 Å². The first-order valence-electron chi connectivity index (χ1n) is 15.7. The fourth-order valence-corrected chi connectivity index (χ4v) is 6.72. The molecule has 9 rings (SSSR count). The van der Waals surface area contributed by atoms with Gasteiger partial charge in [-0.2, -0.15) is 0 Å². The third kappa shape index (κ3) is 4.51. The second kappa shape index (κ2) is 11.2. The Bertz CT molecular complexity index is 2710. The van der Waals surface area contributed by atoms with Crippen LogP contribution in [0.1, 0.15) is 0 Å². The molecule has 10 heteroatoms. The van der Waals surface area contributed by atoms with E-state index in [1.54, 1.807) is 0 Å². The van der Waals surface area contributed by atoms with Crippen molar-refractivity contribution in [2.75, 3.05) is 0 Å². The summed E-state index contributed by atoms with van der Waals surface area (Å²) in [7, 11) is 31.5. The van der Waals surface area contributed by atoms with Gasteiger partial charge in [0.25, 0.3) is 0 Å². The number of hydrogen-bond donors (Lipinski definition) is 0. The maximum absolute atomic E-state index is 6.67. The van der Waals surface area contributed by atoms with E-state index in [2.05, 4.69) is 71.3 Å². The summed E-state index contributed by atoms with van der Waals surface area (Å²) < 4.78 is 8.94. The molecule has 0 atom stereocenters. The van der Waals surface area contributed by atoms with E-state index < -0.39 is 0 Å². The summed E-state index contributed by atoms with van der Waals surface area (Å²) in [4.78, 5) is 14.6. The molecule has 9 aromatic rings. The molecule has 0 N–H and O–H groups in total. The Morgan fingerprint density at radius 2 is 1.04 bits per heavy atom. The Kier molecular flexibility index (Phi) is 6.70. The predicted octanol–water partition coefficient (Wildman–Crippen LogP) is 3.84. The van der Waals surface area contributed by atoms with Gasteiger partial charge in [0.05, 0.1) is 16.6 Å². The Morgan fingerprint density at radius 3 is 1.73 bits per heavy atom. The number of rotatable bonds is 4. The molecule has 49 heavy (non-hydrogen) atoms. The third-order valence-corrected chi connectivity index (χ3v) is 9.15. The summed E-state index contributed by atoms with van der Waals surface area (Å²) in [6, 6.07) is 38.6. The van der Waals surface area contributed by atoms with Crippen molar-refractivity contribution in [3.8, 4) is 39.9 Å².